The number of nitrogens with zero attached hydrogens (tertiary/aromatic N) is 2. The number of hydrogen-bond donors (Lipinski definition) is 0. The van der Waals surface area contributed by atoms with Crippen LogP contribution >= 0.6 is 0 Å². The van der Waals surface area contributed by atoms with E-state index in [1.54, 1.807) is 12.4 Å². The molecular formula is C25H23FN2O2. The van der Waals surface area contributed by atoms with E-state index in [-0.39, 0.29) is 18.1 Å². The molecule has 4 nitrogen and oxygen atoms in total. The van der Waals surface area contributed by atoms with Crippen LogP contribution in [0, 0.1) is 17.3 Å². The molecule has 152 valence electrons. The minimum absolute atomic E-state index is 0.0412. The third-order valence-electron chi connectivity index (χ3n) is 7.42. The normalized spacial score (nSPS) is 32.9. The Morgan fingerprint density at radius 1 is 1.13 bits per heavy atom. The number of ether oxygens (including phenoxy) is 1. The first-order valence-electron chi connectivity index (χ1n) is 10.8. The monoisotopic (exact) mass is 402 g/mol. The number of rotatable bonds is 1. The highest BCUT2D eigenvalue weighted by molar-refractivity contribution is 5.85. The zero-order valence-electron chi connectivity index (χ0n) is 16.7. The number of likely N-dealkylation sites (tertiary alicyclic amines) is 1. The van der Waals surface area contributed by atoms with E-state index in [9.17, 15) is 9.18 Å². The number of fused-ring (bicyclic) bond motifs is 6. The van der Waals surface area contributed by atoms with Gasteiger partial charge in [0.05, 0.1) is 23.6 Å². The summed E-state index contributed by atoms with van der Waals surface area (Å²) in [6.07, 6.45) is 7.04. The first kappa shape index (κ1) is 17.9. The number of amides is 1. The van der Waals surface area contributed by atoms with Gasteiger partial charge >= 0.3 is 0 Å². The zero-order chi connectivity index (χ0) is 20.3. The van der Waals surface area contributed by atoms with E-state index in [0.717, 1.165) is 28.9 Å². The SMILES string of the molecule is O=C(N1C[C@@H]2C[C@H]1c1cncc(C#Cc3ccccc3)c1O2)C12CCC(F)(CC1)C2. The maximum atomic E-state index is 14.7. The summed E-state index contributed by atoms with van der Waals surface area (Å²) in [5.41, 5.74) is 0.978. The lowest BCUT2D eigenvalue weighted by Gasteiger charge is -2.33. The van der Waals surface area contributed by atoms with Crippen molar-refractivity contribution >= 4 is 5.91 Å². The molecule has 6 rings (SSSR count). The molecule has 2 atom stereocenters. The lowest BCUT2D eigenvalue weighted by Crippen LogP contribution is -2.41. The summed E-state index contributed by atoms with van der Waals surface area (Å²) in [5, 5.41) is 0. The fraction of sp³-hybridized carbons (Fsp3) is 0.440. The van der Waals surface area contributed by atoms with E-state index >= 15 is 0 Å². The molecule has 1 amide bonds. The second-order valence-corrected chi connectivity index (χ2v) is 9.28. The summed E-state index contributed by atoms with van der Waals surface area (Å²) >= 11 is 0. The Kier molecular flexibility index (Phi) is 3.78. The van der Waals surface area contributed by atoms with E-state index in [1.165, 1.54) is 0 Å². The molecule has 1 saturated heterocycles. The smallest absolute Gasteiger partial charge is 0.229 e. The molecule has 2 saturated carbocycles. The Morgan fingerprint density at radius 3 is 2.67 bits per heavy atom. The van der Waals surface area contributed by atoms with Gasteiger partial charge in [0.15, 0.2) is 0 Å². The van der Waals surface area contributed by atoms with E-state index < -0.39 is 11.1 Å². The van der Waals surface area contributed by atoms with Crippen molar-refractivity contribution in [3.05, 3.63) is 59.4 Å². The van der Waals surface area contributed by atoms with Gasteiger partial charge < -0.3 is 9.64 Å². The van der Waals surface area contributed by atoms with Crippen LogP contribution in [0.1, 0.15) is 61.3 Å². The number of carbonyl (C=O) groups is 1. The van der Waals surface area contributed by atoms with Crippen LogP contribution in [-0.2, 0) is 4.79 Å². The van der Waals surface area contributed by atoms with E-state index in [4.69, 9.17) is 4.74 Å². The second kappa shape index (κ2) is 6.31. The van der Waals surface area contributed by atoms with Crippen molar-refractivity contribution in [2.75, 3.05) is 6.54 Å². The molecule has 3 heterocycles. The van der Waals surface area contributed by atoms with Gasteiger partial charge in [-0.2, -0.15) is 0 Å². The second-order valence-electron chi connectivity index (χ2n) is 9.28. The molecule has 0 N–H and O–H groups in total. The lowest BCUT2D eigenvalue weighted by molar-refractivity contribution is -0.142. The van der Waals surface area contributed by atoms with Crippen molar-refractivity contribution in [2.45, 2.75) is 56.3 Å². The van der Waals surface area contributed by atoms with E-state index in [2.05, 4.69) is 16.8 Å². The summed E-state index contributed by atoms with van der Waals surface area (Å²) in [5.74, 6) is 7.23. The van der Waals surface area contributed by atoms with Crippen molar-refractivity contribution < 1.29 is 13.9 Å². The Hall–Kier alpha value is -2.87. The maximum absolute atomic E-state index is 14.7. The van der Waals surface area contributed by atoms with Crippen LogP contribution in [0.15, 0.2) is 42.7 Å². The van der Waals surface area contributed by atoms with Gasteiger partial charge in [-0.1, -0.05) is 30.0 Å². The number of hydrogen-bond acceptors (Lipinski definition) is 3. The molecule has 0 unspecified atom stereocenters. The molecule has 4 aliphatic rings. The molecule has 30 heavy (non-hydrogen) atoms. The van der Waals surface area contributed by atoms with Gasteiger partial charge in [-0.25, -0.2) is 4.39 Å². The predicted molar refractivity (Wildman–Crippen MR) is 110 cm³/mol. The molecular weight excluding hydrogens is 379 g/mol. The Bertz CT molecular complexity index is 1080. The first-order valence-corrected chi connectivity index (χ1v) is 10.8. The molecule has 4 bridgehead atoms. The van der Waals surface area contributed by atoms with Crippen LogP contribution in [-0.4, -0.2) is 34.1 Å². The molecule has 2 aliphatic carbocycles. The zero-order valence-corrected chi connectivity index (χ0v) is 16.7. The average molecular weight is 402 g/mol. The number of carbonyl (C=O) groups excluding carboxylic acids is 1. The Morgan fingerprint density at radius 2 is 1.93 bits per heavy atom. The molecule has 2 aliphatic heterocycles. The highest BCUT2D eigenvalue weighted by Crippen LogP contribution is 2.60. The molecule has 1 aromatic carbocycles. The third-order valence-corrected chi connectivity index (χ3v) is 7.42. The molecule has 5 heteroatoms. The summed E-state index contributed by atoms with van der Waals surface area (Å²) in [6, 6.07) is 9.76. The fourth-order valence-corrected chi connectivity index (χ4v) is 5.88. The number of halogens is 1. The largest absolute Gasteiger partial charge is 0.487 e. The predicted octanol–water partition coefficient (Wildman–Crippen LogP) is 4.19. The summed E-state index contributed by atoms with van der Waals surface area (Å²) in [6.45, 7) is 0.560. The third kappa shape index (κ3) is 2.66. The van der Waals surface area contributed by atoms with Crippen LogP contribution in [0.5, 0.6) is 5.75 Å². The van der Waals surface area contributed by atoms with Crippen molar-refractivity contribution in [2.24, 2.45) is 5.41 Å². The molecule has 3 fully saturated rings. The van der Waals surface area contributed by atoms with Gasteiger partial charge in [0.25, 0.3) is 0 Å². The lowest BCUT2D eigenvalue weighted by atomic mass is 9.82. The topological polar surface area (TPSA) is 42.4 Å². The fourth-order valence-electron chi connectivity index (χ4n) is 5.88. The van der Waals surface area contributed by atoms with Crippen LogP contribution in [0.2, 0.25) is 0 Å². The molecule has 0 radical (unpaired) electrons. The van der Waals surface area contributed by atoms with Crippen LogP contribution < -0.4 is 4.74 Å². The Labute approximate surface area is 175 Å². The molecule has 0 spiro atoms. The van der Waals surface area contributed by atoms with E-state index in [0.29, 0.717) is 38.6 Å². The minimum atomic E-state index is -1.12. The van der Waals surface area contributed by atoms with Gasteiger partial charge in [0.2, 0.25) is 5.91 Å². The standard InChI is InChI=1S/C25H23FN2O2/c26-25-10-8-24(16-25,9-11-25)23(29)28-15-19-12-21(28)20-14-27-13-18(22(20)30-19)7-6-17-4-2-1-3-5-17/h1-5,13-14,19,21H,8-12,15-16H2/t19-,21-,24?,25?/m0/s1. The van der Waals surface area contributed by atoms with Crippen molar-refractivity contribution in [1.82, 2.24) is 9.88 Å². The van der Waals surface area contributed by atoms with Gasteiger partial charge in [-0.3, -0.25) is 9.78 Å². The minimum Gasteiger partial charge on any atom is -0.487 e. The number of alkyl halides is 1. The summed E-state index contributed by atoms with van der Waals surface area (Å²) in [4.78, 5) is 19.9. The summed E-state index contributed by atoms with van der Waals surface area (Å²) in [7, 11) is 0. The average Bonchev–Trinajstić information content (AvgIpc) is 3.42. The van der Waals surface area contributed by atoms with Gasteiger partial charge in [0.1, 0.15) is 17.5 Å². The number of aromatic nitrogens is 1. The van der Waals surface area contributed by atoms with Crippen molar-refractivity contribution in [3.8, 4) is 17.6 Å². The van der Waals surface area contributed by atoms with Crippen molar-refractivity contribution in [1.29, 1.82) is 0 Å². The molecule has 1 aromatic heterocycles. The van der Waals surface area contributed by atoms with Crippen LogP contribution in [0.4, 0.5) is 4.39 Å². The maximum Gasteiger partial charge on any atom is 0.229 e. The Balaban J connectivity index is 1.32. The number of pyridine rings is 1. The first-order chi connectivity index (χ1) is 14.6. The van der Waals surface area contributed by atoms with Crippen LogP contribution in [0.3, 0.4) is 0 Å². The van der Waals surface area contributed by atoms with Gasteiger partial charge in [-0.05, 0) is 44.2 Å². The highest BCUT2D eigenvalue weighted by Gasteiger charge is 2.61. The molecule has 2 aromatic rings. The van der Waals surface area contributed by atoms with Gasteiger partial charge in [0, 0.05) is 29.9 Å². The van der Waals surface area contributed by atoms with Gasteiger partial charge in [-0.15, -0.1) is 0 Å². The van der Waals surface area contributed by atoms with E-state index in [1.807, 2.05) is 35.2 Å². The quantitative estimate of drug-likeness (QED) is 0.672. The van der Waals surface area contributed by atoms with Crippen LogP contribution in [0.25, 0.3) is 0 Å². The summed E-state index contributed by atoms with van der Waals surface area (Å²) < 4.78 is 21.0. The van der Waals surface area contributed by atoms with Crippen molar-refractivity contribution in [3.63, 3.8) is 0 Å². The number of benzene rings is 1. The highest BCUT2D eigenvalue weighted by atomic mass is 19.1.